The van der Waals surface area contributed by atoms with Gasteiger partial charge in [-0.1, -0.05) is 48.7 Å². The Bertz CT molecular complexity index is 1830. The monoisotopic (exact) mass is 766 g/mol. The van der Waals surface area contributed by atoms with Gasteiger partial charge in [0, 0.05) is 17.1 Å². The van der Waals surface area contributed by atoms with Crippen LogP contribution in [0.1, 0.15) is 13.8 Å². The second-order valence-corrected chi connectivity index (χ2v) is 21.0. The zero-order chi connectivity index (χ0) is 34.0. The van der Waals surface area contributed by atoms with Crippen LogP contribution in [0.4, 0.5) is 0 Å². The first kappa shape index (κ1) is 38.0. The molecular weight excluding hydrogens is 735 g/mol. The van der Waals surface area contributed by atoms with E-state index in [4.69, 9.17) is 39.9 Å². The van der Waals surface area contributed by atoms with Crippen LogP contribution in [0, 0.1) is 5.92 Å². The summed E-state index contributed by atoms with van der Waals surface area (Å²) in [5.74, 6) is -2.40. The molecule has 0 aromatic heterocycles. The summed E-state index contributed by atoms with van der Waals surface area (Å²) in [7, 11) is -14.7. The van der Waals surface area contributed by atoms with Gasteiger partial charge in [0.2, 0.25) is 0 Å². The van der Waals surface area contributed by atoms with E-state index < -0.39 is 86.0 Å². The molecule has 4 atom stereocenters. The molecule has 45 heavy (non-hydrogen) atoms. The number of rotatable bonds is 10. The van der Waals surface area contributed by atoms with E-state index in [1.54, 1.807) is 0 Å². The third-order valence-electron chi connectivity index (χ3n) is 7.06. The highest BCUT2D eigenvalue weighted by Crippen LogP contribution is 2.31. The maximum atomic E-state index is 12.7. The molecule has 4 rings (SSSR count). The Morgan fingerprint density at radius 2 is 1.24 bits per heavy atom. The first-order valence-electron chi connectivity index (χ1n) is 13.4. The summed E-state index contributed by atoms with van der Waals surface area (Å²) in [6, 6.07) is 7.94. The van der Waals surface area contributed by atoms with Gasteiger partial charge in [-0.25, -0.2) is 33.7 Å². The van der Waals surface area contributed by atoms with Crippen molar-refractivity contribution in [3.63, 3.8) is 0 Å². The number of carboxylic acids is 1. The van der Waals surface area contributed by atoms with Crippen molar-refractivity contribution in [3.8, 4) is 0 Å². The van der Waals surface area contributed by atoms with Crippen LogP contribution in [0.25, 0.3) is 0 Å². The average molecular weight is 768 g/mol. The maximum Gasteiger partial charge on any atom is 0.317 e. The van der Waals surface area contributed by atoms with Gasteiger partial charge in [0.15, 0.2) is 39.3 Å². The molecule has 0 unspecified atom stereocenters. The van der Waals surface area contributed by atoms with E-state index in [1.807, 2.05) is 13.8 Å². The molecular formula is C26H33Cl3N2O10S4. The lowest BCUT2D eigenvalue weighted by atomic mass is 10.2. The van der Waals surface area contributed by atoms with Gasteiger partial charge < -0.3 is 15.7 Å². The Kier molecular flexibility index (Phi) is 12.4. The van der Waals surface area contributed by atoms with Crippen LogP contribution in [0.5, 0.6) is 0 Å². The minimum atomic E-state index is -4.02. The Hall–Kier alpha value is -1.50. The van der Waals surface area contributed by atoms with Gasteiger partial charge in [-0.3, -0.25) is 4.79 Å². The van der Waals surface area contributed by atoms with Gasteiger partial charge in [0.05, 0.1) is 59.9 Å². The van der Waals surface area contributed by atoms with Crippen LogP contribution in [-0.4, -0.2) is 103 Å². The lowest BCUT2D eigenvalue weighted by molar-refractivity contribution is -0.136. The topological polar surface area (TPSA) is 198 Å². The Morgan fingerprint density at radius 1 is 0.778 bits per heavy atom. The molecule has 0 radical (unpaired) electrons. The van der Waals surface area contributed by atoms with Crippen molar-refractivity contribution in [1.82, 2.24) is 10.6 Å². The van der Waals surface area contributed by atoms with Crippen molar-refractivity contribution in [2.24, 2.45) is 5.92 Å². The molecule has 2 aromatic carbocycles. The lowest BCUT2D eigenvalue weighted by Gasteiger charge is -2.21. The molecule has 2 aliphatic heterocycles. The van der Waals surface area contributed by atoms with E-state index >= 15 is 0 Å². The smallest absolute Gasteiger partial charge is 0.317 e. The number of carboxylic acid groups (broad SMARTS) is 1. The molecule has 0 aliphatic carbocycles. The predicted molar refractivity (Wildman–Crippen MR) is 173 cm³/mol. The summed E-state index contributed by atoms with van der Waals surface area (Å²) >= 11 is 17.3. The number of hydrogen-bond acceptors (Lipinski definition) is 11. The second kappa shape index (κ2) is 14.7. The van der Waals surface area contributed by atoms with Crippen molar-refractivity contribution in [1.29, 1.82) is 0 Å². The minimum Gasteiger partial charge on any atom is -0.480 e. The van der Waals surface area contributed by atoms with E-state index in [-0.39, 0.29) is 31.3 Å². The van der Waals surface area contributed by atoms with Crippen LogP contribution in [0.3, 0.4) is 0 Å². The maximum absolute atomic E-state index is 12.7. The summed E-state index contributed by atoms with van der Waals surface area (Å²) in [6.07, 6.45) is 0. The fourth-order valence-corrected chi connectivity index (χ4v) is 14.8. The van der Waals surface area contributed by atoms with Crippen LogP contribution in [0.15, 0.2) is 52.3 Å². The van der Waals surface area contributed by atoms with Crippen molar-refractivity contribution in [2.75, 3.05) is 36.1 Å². The zero-order valence-electron chi connectivity index (χ0n) is 24.1. The molecule has 252 valence electrons. The number of hydrogen-bond donors (Lipinski definition) is 3. The summed E-state index contributed by atoms with van der Waals surface area (Å²) in [4.78, 5) is 10.6. The molecule has 0 amide bonds. The number of carbonyl (C=O) groups is 1. The number of nitrogens with one attached hydrogen (secondary N) is 2. The largest absolute Gasteiger partial charge is 0.480 e. The molecule has 0 bridgehead atoms. The molecule has 2 fully saturated rings. The first-order chi connectivity index (χ1) is 20.6. The van der Waals surface area contributed by atoms with Crippen LogP contribution in [-0.2, 0) is 44.1 Å². The van der Waals surface area contributed by atoms with E-state index in [1.165, 1.54) is 36.4 Å². The molecule has 3 N–H and O–H groups in total. The summed E-state index contributed by atoms with van der Waals surface area (Å²) < 4.78 is 98.3. The van der Waals surface area contributed by atoms with E-state index in [0.717, 1.165) is 6.07 Å². The van der Waals surface area contributed by atoms with Crippen molar-refractivity contribution in [2.45, 2.75) is 46.2 Å². The third-order valence-corrected chi connectivity index (χ3v) is 16.4. The molecule has 2 aromatic rings. The molecule has 0 saturated carbocycles. The van der Waals surface area contributed by atoms with Crippen LogP contribution < -0.4 is 10.6 Å². The Morgan fingerprint density at radius 3 is 1.71 bits per heavy atom. The minimum absolute atomic E-state index is 0.0311. The Balaban J connectivity index is 0.000000246. The normalized spacial score (nSPS) is 24.2. The fraction of sp³-hybridized carbons (Fsp3) is 0.500. The van der Waals surface area contributed by atoms with Crippen LogP contribution >= 0.6 is 34.8 Å². The lowest BCUT2D eigenvalue weighted by Crippen LogP contribution is -2.45. The number of aliphatic carboxylic acids is 1. The first-order valence-corrected chi connectivity index (χ1v) is 21.3. The predicted octanol–water partition coefficient (Wildman–Crippen LogP) is 2.13. The molecule has 2 aliphatic rings. The van der Waals surface area contributed by atoms with Gasteiger partial charge in [-0.05, 0) is 54.9 Å². The van der Waals surface area contributed by atoms with Crippen molar-refractivity contribution < 1.29 is 43.6 Å². The molecule has 2 saturated heterocycles. The second-order valence-electron chi connectivity index (χ2n) is 11.1. The summed E-state index contributed by atoms with van der Waals surface area (Å²) in [6.45, 7) is 4.01. The quantitative estimate of drug-likeness (QED) is 0.319. The van der Waals surface area contributed by atoms with Gasteiger partial charge in [-0.15, -0.1) is 0 Å². The van der Waals surface area contributed by atoms with Crippen molar-refractivity contribution >= 4 is 80.1 Å². The van der Waals surface area contributed by atoms with E-state index in [2.05, 4.69) is 10.6 Å². The Labute approximate surface area is 278 Å². The summed E-state index contributed by atoms with van der Waals surface area (Å²) in [5.41, 5.74) is 0. The van der Waals surface area contributed by atoms with Gasteiger partial charge >= 0.3 is 5.97 Å². The average Bonchev–Trinajstić information content (AvgIpc) is 3.43. The van der Waals surface area contributed by atoms with Crippen molar-refractivity contribution in [3.05, 3.63) is 57.5 Å². The van der Waals surface area contributed by atoms with Gasteiger partial charge in [0.1, 0.15) is 0 Å². The molecule has 12 nitrogen and oxygen atoms in total. The standard InChI is InChI=1S/C14H20ClNO4S2.C12H13Cl2NO6S2/c1-10(2)7-16-13-8-21(17,18)9-14(13)22(19,20)12-5-3-11(15)4-6-12;13-8-2-1-7(3-9(8)14)23(20,21)11-6-22(18,19)5-10(11)15-4-12(16)17/h3-6,10,13-14,16H,7-9H2,1-2H3;1-3,10-11,15H,4-6H2,(H,16,17)/t13-,14-;10-,11-/m00/s1. The molecule has 2 heterocycles. The van der Waals surface area contributed by atoms with Crippen LogP contribution in [0.2, 0.25) is 15.1 Å². The van der Waals surface area contributed by atoms with Gasteiger partial charge in [-0.2, -0.15) is 0 Å². The third kappa shape index (κ3) is 10.00. The summed E-state index contributed by atoms with van der Waals surface area (Å²) in [5, 5.41) is 12.6. The zero-order valence-corrected chi connectivity index (χ0v) is 29.6. The highest BCUT2D eigenvalue weighted by atomic mass is 35.5. The molecule has 0 spiro atoms. The number of halogens is 3. The SMILES string of the molecule is CC(C)CN[C@H]1CS(=O)(=O)C[C@@H]1S(=O)(=O)c1ccc(Cl)cc1.O=C(O)CN[C@H]1CS(=O)(=O)C[C@@H]1S(=O)(=O)c1ccc(Cl)c(Cl)c1. The number of sulfone groups is 4. The van der Waals surface area contributed by atoms with Gasteiger partial charge in [0.25, 0.3) is 0 Å². The highest BCUT2D eigenvalue weighted by molar-refractivity contribution is 7.97. The fourth-order valence-electron chi connectivity index (χ4n) is 4.86. The highest BCUT2D eigenvalue weighted by Gasteiger charge is 2.47. The molecule has 19 heteroatoms. The van der Waals surface area contributed by atoms with E-state index in [0.29, 0.717) is 17.5 Å². The number of benzene rings is 2. The van der Waals surface area contributed by atoms with E-state index in [9.17, 15) is 38.5 Å².